The second-order valence-electron chi connectivity index (χ2n) is 6.96. The van der Waals surface area contributed by atoms with E-state index in [2.05, 4.69) is 10.2 Å². The summed E-state index contributed by atoms with van der Waals surface area (Å²) in [5.74, 6) is -0.123. The van der Waals surface area contributed by atoms with Gasteiger partial charge in [0.15, 0.2) is 0 Å². The third-order valence-electron chi connectivity index (χ3n) is 4.93. The molecule has 3 nitrogen and oxygen atoms in total. The fourth-order valence-corrected chi connectivity index (χ4v) is 3.50. The van der Waals surface area contributed by atoms with Gasteiger partial charge in [-0.1, -0.05) is 30.3 Å². The van der Waals surface area contributed by atoms with Gasteiger partial charge >= 0.3 is 0 Å². The lowest BCUT2D eigenvalue weighted by molar-refractivity contribution is -0.121. The molecule has 1 fully saturated rings. The summed E-state index contributed by atoms with van der Waals surface area (Å²) >= 11 is 0. The van der Waals surface area contributed by atoms with Crippen molar-refractivity contribution < 1.29 is 9.18 Å². The Morgan fingerprint density at radius 3 is 2.52 bits per heavy atom. The minimum Gasteiger partial charge on any atom is -0.325 e. The number of hydrogen-bond donors (Lipinski definition) is 1. The molecule has 1 unspecified atom stereocenters. The maximum absolute atomic E-state index is 13.0. The Bertz CT molecular complexity index is 722. The maximum Gasteiger partial charge on any atom is 0.228 e. The number of hydrogen-bond acceptors (Lipinski definition) is 2. The molecule has 1 atom stereocenters. The average Bonchev–Trinajstić information content (AvgIpc) is 2.60. The Balaban J connectivity index is 1.62. The first-order valence-corrected chi connectivity index (χ1v) is 8.87. The standard InChI is InChI=1S/C21H25FN2O/c1-15-5-3-6-16(2)20(15)23-21(25)18-7-4-12-24(14-18)13-17-8-10-19(22)11-9-17/h3,5-6,8-11,18H,4,7,12-14H2,1-2H3,(H,23,25). The van der Waals surface area contributed by atoms with Crippen molar-refractivity contribution in [2.24, 2.45) is 5.92 Å². The summed E-state index contributed by atoms with van der Waals surface area (Å²) in [4.78, 5) is 15.0. The van der Waals surface area contributed by atoms with Crippen LogP contribution >= 0.6 is 0 Å². The highest BCUT2D eigenvalue weighted by atomic mass is 19.1. The minimum absolute atomic E-state index is 0.00629. The first kappa shape index (κ1) is 17.6. The molecule has 1 aliphatic heterocycles. The average molecular weight is 340 g/mol. The highest BCUT2D eigenvalue weighted by Gasteiger charge is 2.26. The van der Waals surface area contributed by atoms with E-state index in [-0.39, 0.29) is 17.6 Å². The van der Waals surface area contributed by atoms with Crippen LogP contribution in [0.2, 0.25) is 0 Å². The van der Waals surface area contributed by atoms with Crippen molar-refractivity contribution in [1.82, 2.24) is 4.90 Å². The molecule has 2 aromatic carbocycles. The van der Waals surface area contributed by atoms with Crippen LogP contribution in [0, 0.1) is 25.6 Å². The molecule has 1 N–H and O–H groups in total. The number of para-hydroxylation sites is 1. The lowest BCUT2D eigenvalue weighted by Crippen LogP contribution is -2.40. The molecule has 3 rings (SSSR count). The SMILES string of the molecule is Cc1cccc(C)c1NC(=O)C1CCCN(Cc2ccc(F)cc2)C1. The number of aryl methyl sites for hydroxylation is 2. The number of nitrogens with one attached hydrogen (secondary N) is 1. The molecular weight excluding hydrogens is 315 g/mol. The maximum atomic E-state index is 13.0. The second-order valence-corrected chi connectivity index (χ2v) is 6.96. The van der Waals surface area contributed by atoms with Gasteiger partial charge in [0.1, 0.15) is 5.82 Å². The summed E-state index contributed by atoms with van der Waals surface area (Å²) in [6.07, 6.45) is 1.92. The number of nitrogens with zero attached hydrogens (tertiary/aromatic N) is 1. The van der Waals surface area contributed by atoms with Crippen molar-refractivity contribution in [2.75, 3.05) is 18.4 Å². The molecular formula is C21H25FN2O. The monoisotopic (exact) mass is 340 g/mol. The molecule has 132 valence electrons. The van der Waals surface area contributed by atoms with Gasteiger partial charge in [0.25, 0.3) is 0 Å². The summed E-state index contributed by atoms with van der Waals surface area (Å²) in [5.41, 5.74) is 4.19. The van der Waals surface area contributed by atoms with E-state index in [1.165, 1.54) is 12.1 Å². The lowest BCUT2D eigenvalue weighted by Gasteiger charge is -2.32. The summed E-state index contributed by atoms with van der Waals surface area (Å²) in [6, 6.07) is 12.7. The number of piperidine rings is 1. The number of amides is 1. The van der Waals surface area contributed by atoms with E-state index in [4.69, 9.17) is 0 Å². The number of likely N-dealkylation sites (tertiary alicyclic amines) is 1. The van der Waals surface area contributed by atoms with Crippen molar-refractivity contribution in [3.8, 4) is 0 Å². The molecule has 0 aliphatic carbocycles. The zero-order valence-electron chi connectivity index (χ0n) is 14.9. The molecule has 0 saturated carbocycles. The summed E-state index contributed by atoms with van der Waals surface area (Å²) in [7, 11) is 0. The van der Waals surface area contributed by atoms with Crippen molar-refractivity contribution in [2.45, 2.75) is 33.2 Å². The molecule has 2 aromatic rings. The predicted octanol–water partition coefficient (Wildman–Crippen LogP) is 4.29. The quantitative estimate of drug-likeness (QED) is 0.900. The highest BCUT2D eigenvalue weighted by Crippen LogP contribution is 2.24. The van der Waals surface area contributed by atoms with E-state index in [0.29, 0.717) is 0 Å². The molecule has 1 saturated heterocycles. The van der Waals surface area contributed by atoms with Gasteiger partial charge in [-0.05, 0) is 62.1 Å². The largest absolute Gasteiger partial charge is 0.325 e. The number of carbonyl (C=O) groups is 1. The number of benzene rings is 2. The zero-order valence-corrected chi connectivity index (χ0v) is 14.9. The van der Waals surface area contributed by atoms with Crippen LogP contribution in [-0.2, 0) is 11.3 Å². The number of anilines is 1. The second kappa shape index (κ2) is 7.79. The first-order chi connectivity index (χ1) is 12.0. The summed E-state index contributed by atoms with van der Waals surface area (Å²) in [5, 5.41) is 3.12. The van der Waals surface area contributed by atoms with Crippen LogP contribution in [0.4, 0.5) is 10.1 Å². The van der Waals surface area contributed by atoms with Crippen molar-refractivity contribution in [1.29, 1.82) is 0 Å². The van der Waals surface area contributed by atoms with Crippen LogP contribution < -0.4 is 5.32 Å². The van der Waals surface area contributed by atoms with E-state index in [9.17, 15) is 9.18 Å². The van der Waals surface area contributed by atoms with Crippen molar-refractivity contribution >= 4 is 11.6 Å². The van der Waals surface area contributed by atoms with Crippen LogP contribution in [0.5, 0.6) is 0 Å². The minimum atomic E-state index is -0.215. The Morgan fingerprint density at radius 1 is 1.16 bits per heavy atom. The van der Waals surface area contributed by atoms with Crippen LogP contribution in [0.15, 0.2) is 42.5 Å². The van der Waals surface area contributed by atoms with Gasteiger partial charge in [-0.15, -0.1) is 0 Å². The first-order valence-electron chi connectivity index (χ1n) is 8.87. The fourth-order valence-electron chi connectivity index (χ4n) is 3.50. The van der Waals surface area contributed by atoms with Gasteiger partial charge in [-0.3, -0.25) is 9.69 Å². The fraction of sp³-hybridized carbons (Fsp3) is 0.381. The van der Waals surface area contributed by atoms with Crippen molar-refractivity contribution in [3.05, 3.63) is 65.0 Å². The van der Waals surface area contributed by atoms with Crippen molar-refractivity contribution in [3.63, 3.8) is 0 Å². The molecule has 0 bridgehead atoms. The van der Waals surface area contributed by atoms with E-state index in [1.807, 2.05) is 44.2 Å². The van der Waals surface area contributed by atoms with E-state index >= 15 is 0 Å². The number of rotatable bonds is 4. The summed E-state index contributed by atoms with van der Waals surface area (Å²) in [6.45, 7) is 6.51. The molecule has 0 radical (unpaired) electrons. The third-order valence-corrected chi connectivity index (χ3v) is 4.93. The van der Waals surface area contributed by atoms with Crippen LogP contribution in [0.1, 0.15) is 29.5 Å². The Hall–Kier alpha value is -2.20. The van der Waals surface area contributed by atoms with Gasteiger partial charge in [-0.2, -0.15) is 0 Å². The molecule has 25 heavy (non-hydrogen) atoms. The number of halogens is 1. The Morgan fingerprint density at radius 2 is 1.84 bits per heavy atom. The lowest BCUT2D eigenvalue weighted by atomic mass is 9.96. The van der Waals surface area contributed by atoms with E-state index in [1.54, 1.807) is 0 Å². The Labute approximate surface area is 148 Å². The number of carbonyl (C=O) groups excluding carboxylic acids is 1. The molecule has 0 spiro atoms. The van der Waals surface area contributed by atoms with Crippen LogP contribution in [-0.4, -0.2) is 23.9 Å². The van der Waals surface area contributed by atoms with E-state index in [0.717, 1.165) is 54.9 Å². The van der Waals surface area contributed by atoms with Crippen LogP contribution in [0.3, 0.4) is 0 Å². The van der Waals surface area contributed by atoms with Crippen LogP contribution in [0.25, 0.3) is 0 Å². The molecule has 1 amide bonds. The molecule has 4 heteroatoms. The van der Waals surface area contributed by atoms with Gasteiger partial charge < -0.3 is 5.32 Å². The normalized spacial score (nSPS) is 18.1. The molecule has 0 aromatic heterocycles. The highest BCUT2D eigenvalue weighted by molar-refractivity contribution is 5.94. The van der Waals surface area contributed by atoms with Gasteiger partial charge in [0.2, 0.25) is 5.91 Å². The molecule has 1 heterocycles. The third kappa shape index (κ3) is 4.45. The predicted molar refractivity (Wildman–Crippen MR) is 98.9 cm³/mol. The van der Waals surface area contributed by atoms with E-state index < -0.39 is 0 Å². The topological polar surface area (TPSA) is 32.3 Å². The van der Waals surface area contributed by atoms with Gasteiger partial charge in [0, 0.05) is 18.8 Å². The Kier molecular flexibility index (Phi) is 5.49. The van der Waals surface area contributed by atoms with Gasteiger partial charge in [0.05, 0.1) is 5.92 Å². The van der Waals surface area contributed by atoms with Gasteiger partial charge in [-0.25, -0.2) is 4.39 Å². The molecule has 1 aliphatic rings. The zero-order chi connectivity index (χ0) is 17.8. The smallest absolute Gasteiger partial charge is 0.228 e. The summed E-state index contributed by atoms with van der Waals surface area (Å²) < 4.78 is 13.0.